The van der Waals surface area contributed by atoms with E-state index < -0.39 is 17.7 Å². The van der Waals surface area contributed by atoms with Gasteiger partial charge >= 0.3 is 0 Å². The molecule has 1 unspecified atom stereocenters. The van der Waals surface area contributed by atoms with Gasteiger partial charge in [-0.25, -0.2) is 13.4 Å². The Morgan fingerprint density at radius 2 is 2.20 bits per heavy atom. The molecule has 1 aromatic carbocycles. The number of nitrogens with one attached hydrogen (secondary N) is 1. The van der Waals surface area contributed by atoms with Crippen LogP contribution in [0.1, 0.15) is 30.5 Å². The van der Waals surface area contributed by atoms with E-state index in [1.165, 1.54) is 17.0 Å². The number of anilines is 1. The maximum absolute atomic E-state index is 13.9. The minimum absolute atomic E-state index is 0.0228. The van der Waals surface area contributed by atoms with Gasteiger partial charge in [-0.05, 0) is 24.6 Å². The lowest BCUT2D eigenvalue weighted by Crippen LogP contribution is -2.35. The Labute approximate surface area is 142 Å². The Morgan fingerprint density at radius 3 is 2.92 bits per heavy atom. The number of likely N-dealkylation sites (tertiary alicyclic amines) is 1. The molecule has 2 amide bonds. The zero-order valence-electron chi connectivity index (χ0n) is 13.5. The Morgan fingerprint density at radius 1 is 1.40 bits per heavy atom. The molecule has 2 heterocycles. The van der Waals surface area contributed by atoms with Gasteiger partial charge in [-0.15, -0.1) is 0 Å². The molecular formula is C16H16F2N4O3. The predicted molar refractivity (Wildman–Crippen MR) is 82.2 cm³/mol. The highest BCUT2D eigenvalue weighted by Gasteiger charge is 2.33. The number of hydrogen-bond acceptors (Lipinski definition) is 5. The zero-order valence-corrected chi connectivity index (χ0v) is 13.5. The van der Waals surface area contributed by atoms with Crippen molar-refractivity contribution >= 4 is 17.6 Å². The molecule has 0 bridgehead atoms. The maximum Gasteiger partial charge on any atom is 0.227 e. The fourth-order valence-electron chi connectivity index (χ4n) is 2.82. The van der Waals surface area contributed by atoms with E-state index in [0.717, 1.165) is 6.07 Å². The maximum atomic E-state index is 13.9. The molecule has 1 aliphatic heterocycles. The minimum atomic E-state index is -0.977. The van der Waals surface area contributed by atoms with Crippen LogP contribution in [0.3, 0.4) is 0 Å². The Kier molecular flexibility index (Phi) is 4.73. The van der Waals surface area contributed by atoms with E-state index in [1.807, 2.05) is 0 Å². The summed E-state index contributed by atoms with van der Waals surface area (Å²) in [6, 6.07) is 3.43. The van der Waals surface area contributed by atoms with Crippen LogP contribution in [-0.2, 0) is 16.1 Å². The average molecular weight is 350 g/mol. The molecule has 3 rings (SSSR count). The largest absolute Gasteiger partial charge is 0.335 e. The standard InChI is InChI=1S/C16H16F2N4O3/c1-9-16(21-25-20-9)19-13(23)7-11-5-6-14(24)22(11)8-10-3-2-4-12(17)15(10)18/h2-4,11H,5-8H2,1H3,(H,19,21,23). The number of hydrogen-bond donors (Lipinski definition) is 1. The second-order valence-electron chi connectivity index (χ2n) is 5.88. The second kappa shape index (κ2) is 6.96. The van der Waals surface area contributed by atoms with Gasteiger partial charge in [-0.2, -0.15) is 0 Å². The molecule has 1 N–H and O–H groups in total. The fraction of sp³-hybridized carbons (Fsp3) is 0.375. The molecule has 9 heteroatoms. The molecular weight excluding hydrogens is 334 g/mol. The number of carbonyl (C=O) groups excluding carboxylic acids is 2. The van der Waals surface area contributed by atoms with Crippen LogP contribution >= 0.6 is 0 Å². The van der Waals surface area contributed by atoms with Crippen molar-refractivity contribution in [1.29, 1.82) is 0 Å². The van der Waals surface area contributed by atoms with Gasteiger partial charge in [-0.3, -0.25) is 9.59 Å². The van der Waals surface area contributed by atoms with Gasteiger partial charge < -0.3 is 10.2 Å². The van der Waals surface area contributed by atoms with Crippen molar-refractivity contribution < 1.29 is 23.0 Å². The number of aromatic nitrogens is 2. The van der Waals surface area contributed by atoms with Crippen molar-refractivity contribution in [3.63, 3.8) is 0 Å². The lowest BCUT2D eigenvalue weighted by Gasteiger charge is -2.24. The summed E-state index contributed by atoms with van der Waals surface area (Å²) < 4.78 is 31.7. The third kappa shape index (κ3) is 3.65. The van der Waals surface area contributed by atoms with Crippen LogP contribution in [0.5, 0.6) is 0 Å². The normalized spacial score (nSPS) is 17.2. The number of benzene rings is 1. The summed E-state index contributed by atoms with van der Waals surface area (Å²) in [5.74, 6) is -2.27. The van der Waals surface area contributed by atoms with Crippen molar-refractivity contribution in [1.82, 2.24) is 15.2 Å². The number of halogens is 2. The van der Waals surface area contributed by atoms with Gasteiger partial charge in [0.25, 0.3) is 0 Å². The molecule has 1 aromatic heterocycles. The smallest absolute Gasteiger partial charge is 0.227 e. The van der Waals surface area contributed by atoms with Crippen molar-refractivity contribution in [3.8, 4) is 0 Å². The summed E-state index contributed by atoms with van der Waals surface area (Å²) in [5.41, 5.74) is 0.520. The first-order valence-electron chi connectivity index (χ1n) is 7.77. The molecule has 1 atom stereocenters. The van der Waals surface area contributed by atoms with Crippen LogP contribution in [0.15, 0.2) is 22.8 Å². The Bertz CT molecular complexity index is 808. The summed E-state index contributed by atoms with van der Waals surface area (Å²) >= 11 is 0. The molecule has 0 aliphatic carbocycles. The van der Waals surface area contributed by atoms with E-state index in [9.17, 15) is 18.4 Å². The van der Waals surface area contributed by atoms with Crippen LogP contribution in [-0.4, -0.2) is 33.1 Å². The molecule has 1 aliphatic rings. The monoisotopic (exact) mass is 350 g/mol. The quantitative estimate of drug-likeness (QED) is 0.893. The van der Waals surface area contributed by atoms with Crippen molar-refractivity contribution in [2.45, 2.75) is 38.8 Å². The van der Waals surface area contributed by atoms with Crippen LogP contribution in [0.25, 0.3) is 0 Å². The first kappa shape index (κ1) is 17.0. The highest BCUT2D eigenvalue weighted by atomic mass is 19.2. The van der Waals surface area contributed by atoms with Crippen molar-refractivity contribution in [3.05, 3.63) is 41.1 Å². The summed E-state index contributed by atoms with van der Waals surface area (Å²) in [6.45, 7) is 1.55. The van der Waals surface area contributed by atoms with E-state index in [2.05, 4.69) is 20.3 Å². The molecule has 2 aromatic rings. The topological polar surface area (TPSA) is 88.3 Å². The molecule has 1 saturated heterocycles. The van der Waals surface area contributed by atoms with Crippen LogP contribution in [0.4, 0.5) is 14.6 Å². The Hall–Kier alpha value is -2.84. The minimum Gasteiger partial charge on any atom is -0.335 e. The van der Waals surface area contributed by atoms with E-state index in [0.29, 0.717) is 12.1 Å². The van der Waals surface area contributed by atoms with Gasteiger partial charge in [0.05, 0.1) is 0 Å². The highest BCUT2D eigenvalue weighted by molar-refractivity contribution is 5.91. The molecule has 7 nitrogen and oxygen atoms in total. The molecule has 25 heavy (non-hydrogen) atoms. The van der Waals surface area contributed by atoms with E-state index >= 15 is 0 Å². The molecule has 0 saturated carbocycles. The van der Waals surface area contributed by atoms with Gasteiger partial charge in [-0.1, -0.05) is 17.3 Å². The summed E-state index contributed by atoms with van der Waals surface area (Å²) in [7, 11) is 0. The highest BCUT2D eigenvalue weighted by Crippen LogP contribution is 2.25. The number of rotatable bonds is 5. The lowest BCUT2D eigenvalue weighted by atomic mass is 10.1. The van der Waals surface area contributed by atoms with E-state index in [4.69, 9.17) is 0 Å². The molecule has 0 radical (unpaired) electrons. The summed E-state index contributed by atoms with van der Waals surface area (Å²) in [5, 5.41) is 9.68. The molecule has 0 spiro atoms. The van der Waals surface area contributed by atoms with Gasteiger partial charge in [0.1, 0.15) is 5.69 Å². The van der Waals surface area contributed by atoms with Crippen LogP contribution in [0, 0.1) is 18.6 Å². The molecule has 132 valence electrons. The van der Waals surface area contributed by atoms with Gasteiger partial charge in [0.15, 0.2) is 17.5 Å². The predicted octanol–water partition coefficient (Wildman–Crippen LogP) is 2.18. The van der Waals surface area contributed by atoms with Gasteiger partial charge in [0, 0.05) is 31.0 Å². The number of amides is 2. The number of nitrogens with zero attached hydrogens (tertiary/aromatic N) is 3. The third-order valence-electron chi connectivity index (χ3n) is 4.16. The zero-order chi connectivity index (χ0) is 18.0. The number of aryl methyl sites for hydroxylation is 1. The van der Waals surface area contributed by atoms with Crippen molar-refractivity contribution in [2.75, 3.05) is 5.32 Å². The van der Waals surface area contributed by atoms with E-state index in [1.54, 1.807) is 6.92 Å². The number of carbonyl (C=O) groups is 2. The first-order valence-corrected chi connectivity index (χ1v) is 7.77. The fourth-order valence-corrected chi connectivity index (χ4v) is 2.82. The summed E-state index contributed by atoms with van der Waals surface area (Å²) in [6.07, 6.45) is 0.758. The van der Waals surface area contributed by atoms with E-state index in [-0.39, 0.29) is 42.6 Å². The first-order chi connectivity index (χ1) is 12.0. The van der Waals surface area contributed by atoms with Crippen molar-refractivity contribution in [2.24, 2.45) is 0 Å². The Balaban J connectivity index is 1.68. The lowest BCUT2D eigenvalue weighted by molar-refractivity contribution is -0.130. The van der Waals surface area contributed by atoms with Gasteiger partial charge in [0.2, 0.25) is 11.8 Å². The van der Waals surface area contributed by atoms with Crippen LogP contribution in [0.2, 0.25) is 0 Å². The summed E-state index contributed by atoms with van der Waals surface area (Å²) in [4.78, 5) is 25.6. The molecule has 1 fully saturated rings. The second-order valence-corrected chi connectivity index (χ2v) is 5.88. The average Bonchev–Trinajstić information content (AvgIpc) is 3.12. The van der Waals surface area contributed by atoms with Crippen LogP contribution < -0.4 is 5.32 Å². The SMILES string of the molecule is Cc1nonc1NC(=O)CC1CCC(=O)N1Cc1cccc(F)c1F. The third-order valence-corrected chi connectivity index (χ3v) is 4.16.